The SMILES string of the molecule is Cc1ccc(CN2CCN(Cc3ccc(C)s3)C[C@H]2CCO)cc1. The Labute approximate surface area is 149 Å². The minimum atomic E-state index is 0.265. The van der Waals surface area contributed by atoms with Crippen LogP contribution in [0.25, 0.3) is 0 Å². The van der Waals surface area contributed by atoms with Gasteiger partial charge in [-0.2, -0.15) is 0 Å². The van der Waals surface area contributed by atoms with Crippen LogP contribution >= 0.6 is 11.3 Å². The van der Waals surface area contributed by atoms with Crippen LogP contribution in [-0.2, 0) is 13.1 Å². The van der Waals surface area contributed by atoms with Gasteiger partial charge >= 0.3 is 0 Å². The van der Waals surface area contributed by atoms with Crippen LogP contribution in [0.2, 0.25) is 0 Å². The van der Waals surface area contributed by atoms with Crippen molar-refractivity contribution in [2.75, 3.05) is 26.2 Å². The lowest BCUT2D eigenvalue weighted by atomic mass is 10.1. The molecule has 130 valence electrons. The van der Waals surface area contributed by atoms with Crippen LogP contribution in [0, 0.1) is 13.8 Å². The molecule has 1 aliphatic rings. The molecule has 3 nitrogen and oxygen atoms in total. The highest BCUT2D eigenvalue weighted by molar-refractivity contribution is 7.11. The lowest BCUT2D eigenvalue weighted by Crippen LogP contribution is -2.52. The van der Waals surface area contributed by atoms with Gasteiger partial charge in [-0.05, 0) is 38.0 Å². The molecule has 0 radical (unpaired) electrons. The first-order valence-corrected chi connectivity index (χ1v) is 9.64. The third-order valence-corrected chi connectivity index (χ3v) is 5.82. The Morgan fingerprint density at radius 3 is 2.50 bits per heavy atom. The Hall–Kier alpha value is -1.20. The first kappa shape index (κ1) is 17.6. The Morgan fingerprint density at radius 2 is 1.83 bits per heavy atom. The van der Waals surface area contributed by atoms with Gasteiger partial charge in [-0.1, -0.05) is 29.8 Å². The van der Waals surface area contributed by atoms with Crippen molar-refractivity contribution in [2.45, 2.75) is 39.4 Å². The summed E-state index contributed by atoms with van der Waals surface area (Å²) in [6.07, 6.45) is 0.853. The highest BCUT2D eigenvalue weighted by Crippen LogP contribution is 2.21. The zero-order chi connectivity index (χ0) is 16.9. The number of aryl methyl sites for hydroxylation is 2. The van der Waals surface area contributed by atoms with E-state index in [-0.39, 0.29) is 6.61 Å². The first-order chi connectivity index (χ1) is 11.6. The third kappa shape index (κ3) is 4.67. The van der Waals surface area contributed by atoms with Crippen LogP contribution < -0.4 is 0 Å². The second kappa shape index (κ2) is 8.26. The van der Waals surface area contributed by atoms with Gasteiger partial charge in [-0.3, -0.25) is 9.80 Å². The summed E-state index contributed by atoms with van der Waals surface area (Å²) < 4.78 is 0. The molecule has 1 aromatic carbocycles. The average molecular weight is 345 g/mol. The molecule has 24 heavy (non-hydrogen) atoms. The van der Waals surface area contributed by atoms with Crippen molar-refractivity contribution >= 4 is 11.3 Å². The standard InChI is InChI=1S/C20H28N2OS/c1-16-3-6-18(7-4-16)13-22-11-10-21(14-19(22)9-12-23)15-20-8-5-17(2)24-20/h3-8,19,23H,9-15H2,1-2H3/t19-/m1/s1. The fourth-order valence-corrected chi connectivity index (χ4v) is 4.38. The van der Waals surface area contributed by atoms with E-state index < -0.39 is 0 Å². The Bertz CT molecular complexity index is 637. The van der Waals surface area contributed by atoms with Crippen molar-refractivity contribution in [1.29, 1.82) is 0 Å². The summed E-state index contributed by atoms with van der Waals surface area (Å²) in [5, 5.41) is 9.47. The van der Waals surface area contributed by atoms with Gasteiger partial charge in [-0.25, -0.2) is 0 Å². The summed E-state index contributed by atoms with van der Waals surface area (Å²) in [5.74, 6) is 0. The second-order valence-corrected chi connectivity index (χ2v) is 8.24. The lowest BCUT2D eigenvalue weighted by Gasteiger charge is -2.41. The number of hydrogen-bond acceptors (Lipinski definition) is 4. The minimum absolute atomic E-state index is 0.265. The van der Waals surface area contributed by atoms with E-state index in [0.717, 1.165) is 39.1 Å². The molecule has 0 amide bonds. The van der Waals surface area contributed by atoms with Gasteiger partial charge in [-0.15, -0.1) is 11.3 Å². The topological polar surface area (TPSA) is 26.7 Å². The Balaban J connectivity index is 1.61. The van der Waals surface area contributed by atoms with Gasteiger partial charge in [0.2, 0.25) is 0 Å². The van der Waals surface area contributed by atoms with E-state index in [1.165, 1.54) is 20.9 Å². The van der Waals surface area contributed by atoms with Crippen LogP contribution in [0.1, 0.15) is 27.3 Å². The molecule has 2 aromatic rings. The van der Waals surface area contributed by atoms with Gasteiger partial charge in [0, 0.05) is 55.1 Å². The largest absolute Gasteiger partial charge is 0.396 e. The maximum atomic E-state index is 9.47. The van der Waals surface area contributed by atoms with Crippen LogP contribution in [0.3, 0.4) is 0 Å². The van der Waals surface area contributed by atoms with E-state index >= 15 is 0 Å². The number of piperazine rings is 1. The molecule has 3 rings (SSSR count). The zero-order valence-electron chi connectivity index (χ0n) is 14.7. The van der Waals surface area contributed by atoms with Crippen molar-refractivity contribution in [3.8, 4) is 0 Å². The molecule has 1 N–H and O–H groups in total. The van der Waals surface area contributed by atoms with Crippen LogP contribution in [-0.4, -0.2) is 47.2 Å². The molecule has 0 aliphatic carbocycles. The molecule has 2 heterocycles. The monoisotopic (exact) mass is 344 g/mol. The Morgan fingerprint density at radius 1 is 1.04 bits per heavy atom. The fourth-order valence-electron chi connectivity index (χ4n) is 3.45. The number of benzene rings is 1. The smallest absolute Gasteiger partial charge is 0.0446 e. The quantitative estimate of drug-likeness (QED) is 0.870. The zero-order valence-corrected chi connectivity index (χ0v) is 15.6. The molecule has 4 heteroatoms. The van der Waals surface area contributed by atoms with Crippen LogP contribution in [0.15, 0.2) is 36.4 Å². The first-order valence-electron chi connectivity index (χ1n) is 8.82. The minimum Gasteiger partial charge on any atom is -0.396 e. The van der Waals surface area contributed by atoms with Crippen LogP contribution in [0.4, 0.5) is 0 Å². The number of rotatable bonds is 6. The molecule has 1 fully saturated rings. The van der Waals surface area contributed by atoms with E-state index in [1.807, 2.05) is 11.3 Å². The summed E-state index contributed by atoms with van der Waals surface area (Å²) >= 11 is 1.90. The van der Waals surface area contributed by atoms with Gasteiger partial charge in [0.15, 0.2) is 0 Å². The lowest BCUT2D eigenvalue weighted by molar-refractivity contribution is 0.0504. The number of aliphatic hydroxyl groups excluding tert-OH is 1. The summed E-state index contributed by atoms with van der Waals surface area (Å²) in [7, 11) is 0. The molecule has 0 spiro atoms. The summed E-state index contributed by atoms with van der Waals surface area (Å²) in [6, 6.07) is 13.7. The molecule has 1 atom stereocenters. The van der Waals surface area contributed by atoms with E-state index in [1.54, 1.807) is 0 Å². The summed E-state index contributed by atoms with van der Waals surface area (Å²) in [5.41, 5.74) is 2.67. The maximum Gasteiger partial charge on any atom is 0.0446 e. The molecular formula is C20H28N2OS. The number of hydrogen-bond donors (Lipinski definition) is 1. The van der Waals surface area contributed by atoms with Gasteiger partial charge in [0.05, 0.1) is 0 Å². The molecule has 1 aliphatic heterocycles. The van der Waals surface area contributed by atoms with E-state index in [0.29, 0.717) is 6.04 Å². The summed E-state index contributed by atoms with van der Waals surface area (Å²) in [6.45, 7) is 9.80. The molecule has 1 aromatic heterocycles. The van der Waals surface area contributed by atoms with Crippen molar-refractivity contribution in [3.05, 3.63) is 57.3 Å². The highest BCUT2D eigenvalue weighted by atomic mass is 32.1. The normalized spacial score (nSPS) is 19.7. The van der Waals surface area contributed by atoms with Crippen molar-refractivity contribution < 1.29 is 5.11 Å². The molecule has 1 saturated heterocycles. The van der Waals surface area contributed by atoms with Crippen molar-refractivity contribution in [3.63, 3.8) is 0 Å². The summed E-state index contributed by atoms with van der Waals surface area (Å²) in [4.78, 5) is 7.91. The van der Waals surface area contributed by atoms with Gasteiger partial charge < -0.3 is 5.11 Å². The number of nitrogens with zero attached hydrogens (tertiary/aromatic N) is 2. The number of aliphatic hydroxyl groups is 1. The number of thiophene rings is 1. The highest BCUT2D eigenvalue weighted by Gasteiger charge is 2.26. The van der Waals surface area contributed by atoms with Crippen molar-refractivity contribution in [2.24, 2.45) is 0 Å². The van der Waals surface area contributed by atoms with Gasteiger partial charge in [0.1, 0.15) is 0 Å². The van der Waals surface area contributed by atoms with Crippen LogP contribution in [0.5, 0.6) is 0 Å². The van der Waals surface area contributed by atoms with E-state index in [9.17, 15) is 5.11 Å². The average Bonchev–Trinajstić information content (AvgIpc) is 2.97. The van der Waals surface area contributed by atoms with E-state index in [2.05, 4.69) is 60.0 Å². The second-order valence-electron chi connectivity index (χ2n) is 6.87. The molecule has 0 saturated carbocycles. The third-order valence-electron chi connectivity index (χ3n) is 4.83. The van der Waals surface area contributed by atoms with Crippen molar-refractivity contribution in [1.82, 2.24) is 9.80 Å². The predicted molar refractivity (Wildman–Crippen MR) is 101 cm³/mol. The molecular weight excluding hydrogens is 316 g/mol. The van der Waals surface area contributed by atoms with Gasteiger partial charge in [0.25, 0.3) is 0 Å². The molecule has 0 bridgehead atoms. The van der Waals surface area contributed by atoms with E-state index in [4.69, 9.17) is 0 Å². The molecule has 0 unspecified atom stereocenters. The maximum absolute atomic E-state index is 9.47. The Kier molecular flexibility index (Phi) is 6.06. The predicted octanol–water partition coefficient (Wildman–Crippen LogP) is 3.43. The fraction of sp³-hybridized carbons (Fsp3) is 0.500.